The van der Waals surface area contributed by atoms with Gasteiger partial charge in [-0.05, 0) is 126 Å². The van der Waals surface area contributed by atoms with E-state index in [0.717, 1.165) is 46.2 Å². The summed E-state index contributed by atoms with van der Waals surface area (Å²) >= 11 is 0. The van der Waals surface area contributed by atoms with E-state index in [1.807, 2.05) is 12.1 Å². The van der Waals surface area contributed by atoms with Crippen LogP contribution in [0, 0.1) is 28.6 Å². The monoisotopic (exact) mass is 1110 g/mol. The predicted molar refractivity (Wildman–Crippen MR) is 276 cm³/mol. The number of nitrogens with zero attached hydrogens (tertiary/aromatic N) is 7. The maximum atomic E-state index is 14.6. The average molecular weight is 1110 g/mol. The first-order chi connectivity index (χ1) is 37.5. The van der Waals surface area contributed by atoms with Gasteiger partial charge in [0.15, 0.2) is 0 Å². The van der Waals surface area contributed by atoms with Crippen LogP contribution in [0.2, 0.25) is 0 Å². The maximum Gasteiger partial charge on any atom is 0.416 e. The Morgan fingerprint density at radius 2 is 1.04 bits per heavy atom. The van der Waals surface area contributed by atoms with E-state index in [1.54, 1.807) is 65.8 Å². The lowest BCUT2D eigenvalue weighted by atomic mass is 9.94. The minimum absolute atomic E-state index is 0.0366. The molecule has 0 aromatic heterocycles. The topological polar surface area (TPSA) is 209 Å². The van der Waals surface area contributed by atoms with Crippen molar-refractivity contribution in [1.29, 1.82) is 10.5 Å². The van der Waals surface area contributed by atoms with Crippen molar-refractivity contribution in [1.82, 2.24) is 25.3 Å². The summed E-state index contributed by atoms with van der Waals surface area (Å²) in [6, 6.07) is 20.5. The number of nitrogens with one attached hydrogen (secondary N) is 2. The quantitative estimate of drug-likeness (QED) is 0.0902. The SMILES string of the molecule is CC(C)(C)OC(=O)C(CCN(CCN1CC2=C(C1=O)[C@@H](c1ccc(C#N)cc1)NC(=O)N2c1cccc(C(F)(F)F)c1)C(=O)OC(C)(C)C)CCN1CC2=C(C1=O)[C@@H](c1ccc(C#N)cc1)NC(=O)N2c1cccc(C(F)(F)F)c1. The Bertz CT molecular complexity index is 3060. The van der Waals surface area contributed by atoms with Crippen LogP contribution in [0.3, 0.4) is 0 Å². The summed E-state index contributed by atoms with van der Waals surface area (Å²) in [7, 11) is 0. The van der Waals surface area contributed by atoms with Crippen LogP contribution in [0.4, 0.5) is 52.1 Å². The number of hydrogen-bond donors (Lipinski definition) is 2. The molecule has 418 valence electrons. The van der Waals surface area contributed by atoms with E-state index in [4.69, 9.17) is 9.47 Å². The van der Waals surface area contributed by atoms with Crippen molar-refractivity contribution in [2.24, 2.45) is 5.92 Å². The number of esters is 1. The number of anilines is 2. The highest BCUT2D eigenvalue weighted by molar-refractivity contribution is 6.08. The zero-order valence-corrected chi connectivity index (χ0v) is 44.3. The highest BCUT2D eigenvalue weighted by Crippen LogP contribution is 2.43. The van der Waals surface area contributed by atoms with E-state index in [2.05, 4.69) is 10.6 Å². The minimum atomic E-state index is -4.77. The molecule has 0 aliphatic carbocycles. The van der Waals surface area contributed by atoms with Crippen molar-refractivity contribution in [3.05, 3.63) is 153 Å². The number of urea groups is 2. The van der Waals surface area contributed by atoms with Crippen molar-refractivity contribution in [3.8, 4) is 12.1 Å². The van der Waals surface area contributed by atoms with Crippen molar-refractivity contribution < 1.29 is 64.6 Å². The summed E-state index contributed by atoms with van der Waals surface area (Å²) in [4.78, 5) is 91.4. The number of alkyl halides is 6. The van der Waals surface area contributed by atoms with Gasteiger partial charge in [0.05, 0.1) is 99.4 Å². The third-order valence-electron chi connectivity index (χ3n) is 13.5. The van der Waals surface area contributed by atoms with Gasteiger partial charge in [-0.3, -0.25) is 24.2 Å². The normalized spacial score (nSPS) is 18.1. The summed E-state index contributed by atoms with van der Waals surface area (Å²) < 4.78 is 95.5. The molecule has 23 heteroatoms. The number of carbonyl (C=O) groups excluding carboxylic acids is 6. The molecule has 4 aliphatic rings. The summed E-state index contributed by atoms with van der Waals surface area (Å²) in [6.07, 6.45) is -10.6. The number of ether oxygens (including phenoxy) is 2. The van der Waals surface area contributed by atoms with Crippen LogP contribution in [-0.4, -0.2) is 101 Å². The van der Waals surface area contributed by atoms with Gasteiger partial charge in [0.1, 0.15) is 11.2 Å². The maximum absolute atomic E-state index is 14.6. The van der Waals surface area contributed by atoms with Gasteiger partial charge in [-0.15, -0.1) is 0 Å². The number of hydrogen-bond acceptors (Lipinski definition) is 10. The van der Waals surface area contributed by atoms with Crippen molar-refractivity contribution in [2.45, 2.75) is 90.0 Å². The molecule has 2 N–H and O–H groups in total. The van der Waals surface area contributed by atoms with E-state index in [0.29, 0.717) is 22.3 Å². The summed E-state index contributed by atoms with van der Waals surface area (Å²) in [5.41, 5.74) is -2.80. The number of rotatable bonds is 14. The number of nitriles is 2. The van der Waals surface area contributed by atoms with E-state index in [9.17, 15) is 65.6 Å². The second-order valence-electron chi connectivity index (χ2n) is 21.4. The van der Waals surface area contributed by atoms with Gasteiger partial charge in [0.25, 0.3) is 11.8 Å². The Kier molecular flexibility index (Phi) is 15.8. The molecule has 4 aromatic carbocycles. The van der Waals surface area contributed by atoms with Crippen LogP contribution in [-0.2, 0) is 36.2 Å². The molecule has 4 aliphatic heterocycles. The van der Waals surface area contributed by atoms with Gasteiger partial charge in [-0.1, -0.05) is 36.4 Å². The molecule has 0 spiro atoms. The molecule has 0 radical (unpaired) electrons. The molecule has 3 atom stereocenters. The Morgan fingerprint density at radius 3 is 1.44 bits per heavy atom. The molecule has 0 fully saturated rings. The number of halogens is 6. The summed E-state index contributed by atoms with van der Waals surface area (Å²) in [5, 5.41) is 24.4. The van der Waals surface area contributed by atoms with Crippen LogP contribution >= 0.6 is 0 Å². The molecule has 1 unspecified atom stereocenters. The fourth-order valence-corrected chi connectivity index (χ4v) is 9.79. The molecular formula is C57H55F6N9O8. The molecule has 80 heavy (non-hydrogen) atoms. The first kappa shape index (κ1) is 57.3. The van der Waals surface area contributed by atoms with E-state index >= 15 is 0 Å². The lowest BCUT2D eigenvalue weighted by Crippen LogP contribution is -2.47. The van der Waals surface area contributed by atoms with Crippen LogP contribution < -0.4 is 20.4 Å². The fourth-order valence-electron chi connectivity index (χ4n) is 9.79. The summed E-state index contributed by atoms with van der Waals surface area (Å²) in [5.74, 6) is -2.94. The fraction of sp³-hybridized carbons (Fsp3) is 0.368. The van der Waals surface area contributed by atoms with Crippen LogP contribution in [0.25, 0.3) is 0 Å². The number of amides is 7. The molecule has 4 heterocycles. The predicted octanol–water partition coefficient (Wildman–Crippen LogP) is 9.88. The van der Waals surface area contributed by atoms with E-state index in [1.165, 1.54) is 51.1 Å². The first-order valence-corrected chi connectivity index (χ1v) is 25.4. The van der Waals surface area contributed by atoms with Gasteiger partial charge in [-0.25, -0.2) is 14.4 Å². The number of carbonyl (C=O) groups is 6. The molecule has 4 aromatic rings. The molecular weight excluding hydrogens is 1050 g/mol. The Labute approximate surface area is 456 Å². The highest BCUT2D eigenvalue weighted by Gasteiger charge is 2.47. The van der Waals surface area contributed by atoms with Crippen molar-refractivity contribution in [3.63, 3.8) is 0 Å². The molecule has 0 saturated heterocycles. The second-order valence-corrected chi connectivity index (χ2v) is 21.4. The molecule has 0 saturated carbocycles. The second kappa shape index (κ2) is 22.1. The summed E-state index contributed by atoms with van der Waals surface area (Å²) in [6.45, 7) is 8.52. The zero-order chi connectivity index (χ0) is 58.2. The Morgan fingerprint density at radius 1 is 0.613 bits per heavy atom. The standard InChI is InChI=1S/C57H55F6N9O8/c1-54(2,3)79-50(75)37(22-24-69-31-42-44(48(69)73)46(35-17-13-33(29-64)14-18-35)66-51(76)71(42)40-11-7-9-38(27-40)56(58,59)60)21-23-68(53(78)80-55(4,5)6)25-26-70-32-43-45(49(70)74)47(36-19-15-34(30-65)16-20-36)67-52(77)72(43)41-12-8-10-39(28-41)57(61,62)63/h7-20,27-28,37,46-47H,21-26,31-32H2,1-6H3,(H,66,76)(H,67,77)/t37?,46-,47-/m1/s1. The van der Waals surface area contributed by atoms with Gasteiger partial charge in [-0.2, -0.15) is 36.9 Å². The largest absolute Gasteiger partial charge is 0.460 e. The van der Waals surface area contributed by atoms with Gasteiger partial charge in [0, 0.05) is 26.2 Å². The average Bonchev–Trinajstić information content (AvgIpc) is 4.01. The van der Waals surface area contributed by atoms with Crippen LogP contribution in [0.15, 0.2) is 120 Å². The van der Waals surface area contributed by atoms with E-state index < -0.39 is 88.6 Å². The zero-order valence-electron chi connectivity index (χ0n) is 44.3. The Hall–Kier alpha value is -8.86. The van der Waals surface area contributed by atoms with Crippen molar-refractivity contribution in [2.75, 3.05) is 49.1 Å². The molecule has 0 bridgehead atoms. The van der Waals surface area contributed by atoms with Crippen LogP contribution in [0.1, 0.15) is 99.8 Å². The van der Waals surface area contributed by atoms with Gasteiger partial charge >= 0.3 is 36.5 Å². The molecule has 8 rings (SSSR count). The third-order valence-corrected chi connectivity index (χ3v) is 13.5. The van der Waals surface area contributed by atoms with Crippen molar-refractivity contribution >= 4 is 47.3 Å². The van der Waals surface area contributed by atoms with Gasteiger partial charge in [0.2, 0.25) is 0 Å². The first-order valence-electron chi connectivity index (χ1n) is 25.4. The smallest absolute Gasteiger partial charge is 0.416 e. The van der Waals surface area contributed by atoms with Crippen LogP contribution in [0.5, 0.6) is 0 Å². The lowest BCUT2D eigenvalue weighted by Gasteiger charge is -2.34. The Balaban J connectivity index is 1.05. The lowest BCUT2D eigenvalue weighted by molar-refractivity contribution is -0.161. The minimum Gasteiger partial charge on any atom is -0.460 e. The third kappa shape index (κ3) is 12.5. The highest BCUT2D eigenvalue weighted by atomic mass is 19.4. The molecule has 7 amide bonds. The van der Waals surface area contributed by atoms with E-state index in [-0.39, 0.29) is 86.0 Å². The number of benzene rings is 4. The molecule has 17 nitrogen and oxygen atoms in total. The van der Waals surface area contributed by atoms with Gasteiger partial charge < -0.3 is 34.8 Å².